The molecule has 0 aliphatic carbocycles. The molecule has 0 spiro atoms. The van der Waals surface area contributed by atoms with Crippen LogP contribution in [0.3, 0.4) is 0 Å². The third-order valence-electron chi connectivity index (χ3n) is 1.88. The number of aromatic nitrogens is 2. The molecule has 0 fully saturated rings. The summed E-state index contributed by atoms with van der Waals surface area (Å²) < 4.78 is 1.65. The van der Waals surface area contributed by atoms with Crippen molar-refractivity contribution < 1.29 is 4.79 Å². The van der Waals surface area contributed by atoms with Crippen molar-refractivity contribution >= 4 is 17.9 Å². The van der Waals surface area contributed by atoms with Crippen LogP contribution in [0.15, 0.2) is 36.7 Å². The van der Waals surface area contributed by atoms with Crippen LogP contribution >= 0.6 is 11.6 Å². The number of carbonyl (C=O) groups excluding carboxylic acids is 1. The lowest BCUT2D eigenvalue weighted by molar-refractivity contribution is 0.111. The maximum Gasteiger partial charge on any atom is 0.168 e. The molecule has 0 saturated carbocycles. The van der Waals surface area contributed by atoms with Crippen LogP contribution in [0.25, 0.3) is 5.82 Å². The predicted octanol–water partition coefficient (Wildman–Crippen LogP) is 2.34. The van der Waals surface area contributed by atoms with Gasteiger partial charge in [-0.15, -0.1) is 0 Å². The number of pyridine rings is 1. The first-order valence-electron chi connectivity index (χ1n) is 4.06. The maximum atomic E-state index is 10.7. The number of aldehydes is 1. The van der Waals surface area contributed by atoms with E-state index in [0.29, 0.717) is 16.5 Å². The smallest absolute Gasteiger partial charge is 0.168 e. The van der Waals surface area contributed by atoms with Crippen LogP contribution in [-0.2, 0) is 0 Å². The fourth-order valence-corrected chi connectivity index (χ4v) is 1.42. The summed E-state index contributed by atoms with van der Waals surface area (Å²) in [4.78, 5) is 14.9. The Labute approximate surface area is 86.0 Å². The Balaban J connectivity index is 2.57. The van der Waals surface area contributed by atoms with Gasteiger partial charge in [-0.25, -0.2) is 4.98 Å². The van der Waals surface area contributed by atoms with Gasteiger partial charge in [-0.05, 0) is 18.2 Å². The van der Waals surface area contributed by atoms with Gasteiger partial charge < -0.3 is 0 Å². The Morgan fingerprint density at radius 1 is 1.36 bits per heavy atom. The Morgan fingerprint density at radius 2 is 2.21 bits per heavy atom. The van der Waals surface area contributed by atoms with Gasteiger partial charge >= 0.3 is 0 Å². The average Bonchev–Trinajstić information content (AvgIpc) is 2.61. The monoisotopic (exact) mass is 206 g/mol. The third-order valence-corrected chi connectivity index (χ3v) is 2.20. The van der Waals surface area contributed by atoms with E-state index in [1.165, 1.54) is 0 Å². The van der Waals surface area contributed by atoms with E-state index in [1.54, 1.807) is 23.0 Å². The number of halogens is 1. The van der Waals surface area contributed by atoms with Crippen molar-refractivity contribution in [1.82, 2.24) is 9.55 Å². The van der Waals surface area contributed by atoms with Gasteiger partial charge in [0.15, 0.2) is 6.29 Å². The molecule has 0 aromatic carbocycles. The number of rotatable bonds is 2. The van der Waals surface area contributed by atoms with Gasteiger partial charge in [0.25, 0.3) is 0 Å². The highest BCUT2D eigenvalue weighted by Crippen LogP contribution is 2.18. The fourth-order valence-electron chi connectivity index (χ4n) is 1.23. The minimum atomic E-state index is 0.422. The van der Waals surface area contributed by atoms with Gasteiger partial charge in [-0.1, -0.05) is 17.7 Å². The van der Waals surface area contributed by atoms with Gasteiger partial charge in [-0.2, -0.15) is 0 Å². The van der Waals surface area contributed by atoms with E-state index < -0.39 is 0 Å². The Bertz CT molecular complexity index is 450. The summed E-state index contributed by atoms with van der Waals surface area (Å²) in [6.07, 6.45) is 4.10. The van der Waals surface area contributed by atoms with Gasteiger partial charge in [0.2, 0.25) is 0 Å². The molecule has 4 heteroatoms. The van der Waals surface area contributed by atoms with Crippen molar-refractivity contribution in [3.63, 3.8) is 0 Å². The van der Waals surface area contributed by atoms with Crippen LogP contribution in [0, 0.1) is 0 Å². The lowest BCUT2D eigenvalue weighted by Crippen LogP contribution is -1.99. The molecule has 2 aromatic heterocycles. The molecule has 0 atom stereocenters. The fraction of sp³-hybridized carbons (Fsp3) is 0. The van der Waals surface area contributed by atoms with Crippen LogP contribution in [0.2, 0.25) is 5.02 Å². The van der Waals surface area contributed by atoms with Crippen molar-refractivity contribution in [3.05, 3.63) is 47.4 Å². The van der Waals surface area contributed by atoms with Crippen LogP contribution in [-0.4, -0.2) is 15.8 Å². The summed E-state index contributed by atoms with van der Waals surface area (Å²) in [5.41, 5.74) is 0.422. The predicted molar refractivity (Wildman–Crippen MR) is 54.0 cm³/mol. The standard InChI is InChI=1S/C10H7ClN2O/c11-8-4-6-13(9(8)7-14)10-3-1-2-5-12-10/h1-7H. The second-order valence-corrected chi connectivity index (χ2v) is 3.13. The van der Waals surface area contributed by atoms with Gasteiger partial charge in [-0.3, -0.25) is 9.36 Å². The summed E-state index contributed by atoms with van der Waals surface area (Å²) in [7, 11) is 0. The first-order valence-corrected chi connectivity index (χ1v) is 4.44. The Morgan fingerprint density at radius 3 is 2.86 bits per heavy atom. The average molecular weight is 207 g/mol. The normalized spacial score (nSPS) is 10.1. The third kappa shape index (κ3) is 1.42. The highest BCUT2D eigenvalue weighted by atomic mass is 35.5. The highest BCUT2D eigenvalue weighted by molar-refractivity contribution is 6.32. The molecule has 0 radical (unpaired) electrons. The quantitative estimate of drug-likeness (QED) is 0.707. The van der Waals surface area contributed by atoms with Crippen molar-refractivity contribution in [2.75, 3.05) is 0 Å². The molecule has 0 unspecified atom stereocenters. The van der Waals surface area contributed by atoms with Crippen molar-refractivity contribution in [3.8, 4) is 5.82 Å². The van der Waals surface area contributed by atoms with Crippen LogP contribution in [0.4, 0.5) is 0 Å². The molecule has 2 rings (SSSR count). The number of nitrogens with zero attached hydrogens (tertiary/aromatic N) is 2. The molecule has 2 heterocycles. The second-order valence-electron chi connectivity index (χ2n) is 2.72. The Hall–Kier alpha value is -1.61. The van der Waals surface area contributed by atoms with Crippen molar-refractivity contribution in [2.24, 2.45) is 0 Å². The molecule has 0 N–H and O–H groups in total. The minimum Gasteiger partial charge on any atom is -0.297 e. The molecule has 14 heavy (non-hydrogen) atoms. The van der Waals surface area contributed by atoms with Gasteiger partial charge in [0, 0.05) is 12.4 Å². The van der Waals surface area contributed by atoms with E-state index in [2.05, 4.69) is 4.98 Å². The van der Waals surface area contributed by atoms with Crippen LogP contribution in [0.5, 0.6) is 0 Å². The van der Waals surface area contributed by atoms with Crippen LogP contribution in [0.1, 0.15) is 10.5 Å². The summed E-state index contributed by atoms with van der Waals surface area (Å²) in [5, 5.41) is 0.436. The first kappa shape index (κ1) is 8.97. The van der Waals surface area contributed by atoms with Gasteiger partial charge in [0.1, 0.15) is 11.5 Å². The molecule has 2 aromatic rings. The zero-order chi connectivity index (χ0) is 9.97. The lowest BCUT2D eigenvalue weighted by atomic mass is 10.4. The Kier molecular flexibility index (Phi) is 2.33. The molecule has 3 nitrogen and oxygen atoms in total. The summed E-state index contributed by atoms with van der Waals surface area (Å²) >= 11 is 5.82. The maximum absolute atomic E-state index is 10.7. The first-order chi connectivity index (χ1) is 6.83. The molecule has 0 aliphatic rings. The zero-order valence-electron chi connectivity index (χ0n) is 7.22. The molecule has 0 amide bonds. The summed E-state index contributed by atoms with van der Waals surface area (Å²) in [6, 6.07) is 7.14. The molecule has 0 aliphatic heterocycles. The SMILES string of the molecule is O=Cc1c(Cl)ccn1-c1ccccn1. The lowest BCUT2D eigenvalue weighted by Gasteiger charge is -2.02. The van der Waals surface area contributed by atoms with E-state index in [-0.39, 0.29) is 0 Å². The second kappa shape index (κ2) is 3.64. The molecular weight excluding hydrogens is 200 g/mol. The molecule has 0 bridgehead atoms. The van der Waals surface area contributed by atoms with E-state index in [1.807, 2.05) is 18.2 Å². The summed E-state index contributed by atoms with van der Waals surface area (Å²) in [5.74, 6) is 0.682. The van der Waals surface area contributed by atoms with Gasteiger partial charge in [0.05, 0.1) is 5.02 Å². The number of hydrogen-bond donors (Lipinski definition) is 0. The van der Waals surface area contributed by atoms with Crippen LogP contribution < -0.4 is 0 Å². The minimum absolute atomic E-state index is 0.422. The van der Waals surface area contributed by atoms with E-state index in [9.17, 15) is 4.79 Å². The zero-order valence-corrected chi connectivity index (χ0v) is 7.98. The summed E-state index contributed by atoms with van der Waals surface area (Å²) in [6.45, 7) is 0. The van der Waals surface area contributed by atoms with Crippen molar-refractivity contribution in [2.45, 2.75) is 0 Å². The topological polar surface area (TPSA) is 34.9 Å². The van der Waals surface area contributed by atoms with E-state index >= 15 is 0 Å². The molecule has 70 valence electrons. The van der Waals surface area contributed by atoms with E-state index in [4.69, 9.17) is 11.6 Å². The highest BCUT2D eigenvalue weighted by Gasteiger charge is 2.07. The number of hydrogen-bond acceptors (Lipinski definition) is 2. The number of carbonyl (C=O) groups is 1. The molecular formula is C10H7ClN2O. The van der Waals surface area contributed by atoms with E-state index in [0.717, 1.165) is 6.29 Å². The largest absolute Gasteiger partial charge is 0.297 e. The van der Waals surface area contributed by atoms with Crippen molar-refractivity contribution in [1.29, 1.82) is 0 Å². The molecule has 0 saturated heterocycles.